The van der Waals surface area contributed by atoms with Gasteiger partial charge < -0.3 is 15.4 Å². The van der Waals surface area contributed by atoms with E-state index >= 15 is 0 Å². The van der Waals surface area contributed by atoms with Gasteiger partial charge in [0.25, 0.3) is 0 Å². The van der Waals surface area contributed by atoms with Crippen molar-refractivity contribution in [1.82, 2.24) is 0 Å². The third-order valence-corrected chi connectivity index (χ3v) is 3.18. The van der Waals surface area contributed by atoms with Gasteiger partial charge in [0.2, 0.25) is 0 Å². The maximum Gasteiger partial charge on any atom is 0.0670 e. The molecule has 1 unspecified atom stereocenters. The van der Waals surface area contributed by atoms with Gasteiger partial charge in [-0.3, -0.25) is 0 Å². The van der Waals surface area contributed by atoms with Gasteiger partial charge in [-0.1, -0.05) is 19.1 Å². The summed E-state index contributed by atoms with van der Waals surface area (Å²) in [7, 11) is 0. The molecule has 1 aliphatic rings. The summed E-state index contributed by atoms with van der Waals surface area (Å²) in [6.45, 7) is 5.45. The fourth-order valence-electron chi connectivity index (χ4n) is 2.20. The number of ether oxygens (including phenoxy) is 1. The summed E-state index contributed by atoms with van der Waals surface area (Å²) in [5.74, 6) is 0. The number of hydrogen-bond donors (Lipinski definition) is 1. The van der Waals surface area contributed by atoms with E-state index in [9.17, 15) is 0 Å². The summed E-state index contributed by atoms with van der Waals surface area (Å²) in [6, 6.07) is 9.01. The average molecular weight is 220 g/mol. The van der Waals surface area contributed by atoms with Crippen LogP contribution < -0.4 is 10.6 Å². The van der Waals surface area contributed by atoms with Gasteiger partial charge in [-0.2, -0.15) is 0 Å². The number of morpholine rings is 1. The van der Waals surface area contributed by atoms with Crippen LogP contribution in [0.15, 0.2) is 24.3 Å². The van der Waals surface area contributed by atoms with E-state index in [1.165, 1.54) is 11.3 Å². The first kappa shape index (κ1) is 11.4. The lowest BCUT2D eigenvalue weighted by Crippen LogP contribution is -2.45. The lowest BCUT2D eigenvalue weighted by Gasteiger charge is -2.37. The summed E-state index contributed by atoms with van der Waals surface area (Å²) in [5, 5.41) is 0. The van der Waals surface area contributed by atoms with Crippen molar-refractivity contribution in [3.05, 3.63) is 29.8 Å². The molecule has 0 aromatic heterocycles. The molecule has 1 fully saturated rings. The maximum absolute atomic E-state index is 5.67. The van der Waals surface area contributed by atoms with Crippen molar-refractivity contribution < 1.29 is 4.74 Å². The van der Waals surface area contributed by atoms with E-state index < -0.39 is 0 Å². The Hall–Kier alpha value is -1.06. The van der Waals surface area contributed by atoms with Crippen molar-refractivity contribution in [3.8, 4) is 0 Å². The number of nitrogens with zero attached hydrogens (tertiary/aromatic N) is 1. The highest BCUT2D eigenvalue weighted by Crippen LogP contribution is 2.22. The molecule has 1 atom stereocenters. The number of benzene rings is 1. The molecular weight excluding hydrogens is 200 g/mol. The van der Waals surface area contributed by atoms with Gasteiger partial charge >= 0.3 is 0 Å². The number of rotatable bonds is 3. The predicted molar refractivity (Wildman–Crippen MR) is 66.6 cm³/mol. The van der Waals surface area contributed by atoms with Crippen LogP contribution in [0.3, 0.4) is 0 Å². The smallest absolute Gasteiger partial charge is 0.0670 e. The summed E-state index contributed by atoms with van der Waals surface area (Å²) in [6.07, 6.45) is 1.12. The summed E-state index contributed by atoms with van der Waals surface area (Å²) >= 11 is 0. The van der Waals surface area contributed by atoms with Gasteiger partial charge in [0.15, 0.2) is 0 Å². The molecule has 0 spiro atoms. The molecule has 3 nitrogen and oxygen atoms in total. The molecule has 2 rings (SSSR count). The van der Waals surface area contributed by atoms with Crippen LogP contribution in [0.2, 0.25) is 0 Å². The van der Waals surface area contributed by atoms with Crippen LogP contribution in [0, 0.1) is 0 Å². The molecule has 2 N–H and O–H groups in total. The zero-order valence-electron chi connectivity index (χ0n) is 9.86. The minimum absolute atomic E-state index is 0.502. The number of hydrogen-bond acceptors (Lipinski definition) is 3. The molecule has 0 bridgehead atoms. The molecule has 1 heterocycles. The Labute approximate surface area is 97.2 Å². The highest BCUT2D eigenvalue weighted by molar-refractivity contribution is 5.50. The summed E-state index contributed by atoms with van der Waals surface area (Å²) < 4.78 is 5.51. The van der Waals surface area contributed by atoms with Crippen molar-refractivity contribution >= 4 is 5.69 Å². The van der Waals surface area contributed by atoms with Gasteiger partial charge in [-0.05, 0) is 24.1 Å². The zero-order chi connectivity index (χ0) is 11.4. The van der Waals surface area contributed by atoms with E-state index in [-0.39, 0.29) is 0 Å². The van der Waals surface area contributed by atoms with Crippen molar-refractivity contribution in [2.75, 3.05) is 24.7 Å². The topological polar surface area (TPSA) is 38.5 Å². The SMILES string of the molecule is CCC1COCCN1c1cccc(CN)c1. The van der Waals surface area contributed by atoms with Crippen molar-refractivity contribution in [3.63, 3.8) is 0 Å². The molecule has 16 heavy (non-hydrogen) atoms. The van der Waals surface area contributed by atoms with Crippen LogP contribution in [-0.4, -0.2) is 25.8 Å². The van der Waals surface area contributed by atoms with Gasteiger partial charge in [0.1, 0.15) is 0 Å². The van der Waals surface area contributed by atoms with Crippen molar-refractivity contribution in [2.45, 2.75) is 25.9 Å². The van der Waals surface area contributed by atoms with Crippen molar-refractivity contribution in [1.29, 1.82) is 0 Å². The molecule has 1 aliphatic heterocycles. The maximum atomic E-state index is 5.67. The normalized spacial score (nSPS) is 21.1. The second kappa shape index (κ2) is 5.32. The van der Waals surface area contributed by atoms with Gasteiger partial charge in [0, 0.05) is 18.8 Å². The average Bonchev–Trinajstić information content (AvgIpc) is 2.38. The van der Waals surface area contributed by atoms with E-state index in [0.717, 1.165) is 26.2 Å². The highest BCUT2D eigenvalue weighted by Gasteiger charge is 2.21. The molecule has 0 aliphatic carbocycles. The van der Waals surface area contributed by atoms with Crippen LogP contribution in [0.25, 0.3) is 0 Å². The highest BCUT2D eigenvalue weighted by atomic mass is 16.5. The Morgan fingerprint density at radius 3 is 3.12 bits per heavy atom. The lowest BCUT2D eigenvalue weighted by molar-refractivity contribution is 0.0930. The van der Waals surface area contributed by atoms with Crippen LogP contribution in [-0.2, 0) is 11.3 Å². The Morgan fingerprint density at radius 1 is 1.50 bits per heavy atom. The van der Waals surface area contributed by atoms with Crippen molar-refractivity contribution in [2.24, 2.45) is 5.73 Å². The van der Waals surface area contributed by atoms with E-state index in [1.54, 1.807) is 0 Å². The van der Waals surface area contributed by atoms with E-state index in [4.69, 9.17) is 10.5 Å². The largest absolute Gasteiger partial charge is 0.377 e. The fourth-order valence-corrected chi connectivity index (χ4v) is 2.20. The minimum atomic E-state index is 0.502. The molecule has 88 valence electrons. The first-order valence-electron chi connectivity index (χ1n) is 5.98. The first-order valence-corrected chi connectivity index (χ1v) is 5.98. The molecule has 3 heteroatoms. The standard InChI is InChI=1S/C13H20N2O/c1-2-12-10-16-7-6-15(12)13-5-3-4-11(8-13)9-14/h3-5,8,12H,2,6-7,9-10,14H2,1H3. The van der Waals surface area contributed by atoms with E-state index in [2.05, 4.69) is 36.1 Å². The Balaban J connectivity index is 2.20. The van der Waals surface area contributed by atoms with Gasteiger partial charge in [0.05, 0.1) is 19.3 Å². The molecular formula is C13H20N2O. The Kier molecular flexibility index (Phi) is 3.80. The Morgan fingerprint density at radius 2 is 2.38 bits per heavy atom. The first-order chi connectivity index (χ1) is 7.85. The van der Waals surface area contributed by atoms with Crippen LogP contribution in [0.1, 0.15) is 18.9 Å². The fraction of sp³-hybridized carbons (Fsp3) is 0.538. The van der Waals surface area contributed by atoms with Crippen LogP contribution in [0.4, 0.5) is 5.69 Å². The third-order valence-electron chi connectivity index (χ3n) is 3.18. The lowest BCUT2D eigenvalue weighted by atomic mass is 10.1. The molecule has 0 saturated carbocycles. The van der Waals surface area contributed by atoms with E-state index in [0.29, 0.717) is 12.6 Å². The second-order valence-corrected chi connectivity index (χ2v) is 4.20. The molecule has 0 amide bonds. The quantitative estimate of drug-likeness (QED) is 0.843. The zero-order valence-corrected chi connectivity index (χ0v) is 9.86. The summed E-state index contributed by atoms with van der Waals surface area (Å²) in [5.41, 5.74) is 8.14. The molecule has 1 aromatic rings. The Bertz CT molecular complexity index is 340. The van der Waals surface area contributed by atoms with Crippen LogP contribution in [0.5, 0.6) is 0 Å². The molecule has 1 aromatic carbocycles. The number of nitrogens with two attached hydrogens (primary N) is 1. The van der Waals surface area contributed by atoms with Gasteiger partial charge in [-0.15, -0.1) is 0 Å². The second-order valence-electron chi connectivity index (χ2n) is 4.20. The third kappa shape index (κ3) is 2.36. The molecule has 1 saturated heterocycles. The minimum Gasteiger partial charge on any atom is -0.377 e. The van der Waals surface area contributed by atoms with Gasteiger partial charge in [-0.25, -0.2) is 0 Å². The van der Waals surface area contributed by atoms with E-state index in [1.807, 2.05) is 0 Å². The molecule has 0 radical (unpaired) electrons. The van der Waals surface area contributed by atoms with Crippen LogP contribution >= 0.6 is 0 Å². The monoisotopic (exact) mass is 220 g/mol. The number of anilines is 1. The summed E-state index contributed by atoms with van der Waals surface area (Å²) in [4.78, 5) is 2.43. The predicted octanol–water partition coefficient (Wildman–Crippen LogP) is 1.76.